The molecule has 60 valence electrons. The summed E-state index contributed by atoms with van der Waals surface area (Å²) in [4.78, 5) is 0. The SMILES string of the molecule is C/C=C(/O)CC/C(C#N)=C\C. The van der Waals surface area contributed by atoms with Crippen LogP contribution in [0.25, 0.3) is 0 Å². The molecule has 0 aliphatic heterocycles. The van der Waals surface area contributed by atoms with Gasteiger partial charge in [-0.05, 0) is 26.3 Å². The summed E-state index contributed by atoms with van der Waals surface area (Å²) in [6.45, 7) is 3.60. The zero-order valence-electron chi connectivity index (χ0n) is 6.96. The Morgan fingerprint density at radius 2 is 2.00 bits per heavy atom. The van der Waals surface area contributed by atoms with Crippen LogP contribution in [0, 0.1) is 11.3 Å². The third-order valence-electron chi connectivity index (χ3n) is 1.48. The molecule has 0 aliphatic carbocycles. The van der Waals surface area contributed by atoms with Gasteiger partial charge in [-0.25, -0.2) is 0 Å². The molecule has 0 heterocycles. The first-order valence-electron chi connectivity index (χ1n) is 3.64. The second kappa shape index (κ2) is 5.55. The molecule has 0 atom stereocenters. The molecule has 2 nitrogen and oxygen atoms in total. The van der Waals surface area contributed by atoms with Crippen molar-refractivity contribution in [3.8, 4) is 6.07 Å². The Morgan fingerprint density at radius 1 is 1.36 bits per heavy atom. The lowest BCUT2D eigenvalue weighted by Gasteiger charge is -1.96. The highest BCUT2D eigenvalue weighted by molar-refractivity contribution is 5.20. The minimum absolute atomic E-state index is 0.347. The van der Waals surface area contributed by atoms with E-state index in [2.05, 4.69) is 6.07 Å². The van der Waals surface area contributed by atoms with E-state index < -0.39 is 0 Å². The van der Waals surface area contributed by atoms with E-state index in [1.165, 1.54) is 0 Å². The van der Waals surface area contributed by atoms with Gasteiger partial charge in [0, 0.05) is 12.0 Å². The van der Waals surface area contributed by atoms with E-state index in [-0.39, 0.29) is 0 Å². The molecule has 0 aromatic rings. The van der Waals surface area contributed by atoms with Crippen LogP contribution in [0.2, 0.25) is 0 Å². The van der Waals surface area contributed by atoms with E-state index in [9.17, 15) is 0 Å². The summed E-state index contributed by atoms with van der Waals surface area (Å²) in [5.41, 5.74) is 0.721. The molecule has 2 heteroatoms. The third-order valence-corrected chi connectivity index (χ3v) is 1.48. The molecule has 1 N–H and O–H groups in total. The number of rotatable bonds is 3. The van der Waals surface area contributed by atoms with Gasteiger partial charge in [-0.3, -0.25) is 0 Å². The summed E-state index contributed by atoms with van der Waals surface area (Å²) in [6.07, 6.45) is 4.60. The van der Waals surface area contributed by atoms with E-state index in [1.54, 1.807) is 19.1 Å². The lowest BCUT2D eigenvalue weighted by Crippen LogP contribution is -1.83. The molecule has 0 amide bonds. The molecule has 0 aromatic carbocycles. The van der Waals surface area contributed by atoms with E-state index in [4.69, 9.17) is 10.4 Å². The van der Waals surface area contributed by atoms with E-state index in [0.29, 0.717) is 18.6 Å². The fourth-order valence-electron chi connectivity index (χ4n) is 0.672. The second-order valence-electron chi connectivity index (χ2n) is 2.21. The summed E-state index contributed by atoms with van der Waals surface area (Å²) in [5, 5.41) is 17.5. The molecule has 0 radical (unpaired) electrons. The monoisotopic (exact) mass is 151 g/mol. The Labute approximate surface area is 67.5 Å². The van der Waals surface area contributed by atoms with Crippen LogP contribution in [0.3, 0.4) is 0 Å². The van der Waals surface area contributed by atoms with E-state index >= 15 is 0 Å². The Balaban J connectivity index is 3.81. The number of nitrogens with zero attached hydrogens (tertiary/aromatic N) is 1. The van der Waals surface area contributed by atoms with Crippen molar-refractivity contribution in [2.75, 3.05) is 0 Å². The Hall–Kier alpha value is -1.23. The van der Waals surface area contributed by atoms with Crippen molar-refractivity contribution < 1.29 is 5.11 Å². The van der Waals surface area contributed by atoms with Gasteiger partial charge in [-0.15, -0.1) is 0 Å². The van der Waals surface area contributed by atoms with Crippen LogP contribution in [0.15, 0.2) is 23.5 Å². The third kappa shape index (κ3) is 4.21. The molecule has 0 spiro atoms. The van der Waals surface area contributed by atoms with Crippen LogP contribution >= 0.6 is 0 Å². The van der Waals surface area contributed by atoms with Gasteiger partial charge in [0.05, 0.1) is 11.8 Å². The Bertz CT molecular complexity index is 208. The molecule has 0 bridgehead atoms. The standard InChI is InChI=1S/C9H13NO/c1-3-8(7-10)5-6-9(11)4-2/h3-4,11H,5-6H2,1-2H3/b8-3+,9-4+. The largest absolute Gasteiger partial charge is 0.513 e. The van der Waals surface area contributed by atoms with Gasteiger partial charge in [-0.2, -0.15) is 5.26 Å². The minimum atomic E-state index is 0.347. The quantitative estimate of drug-likeness (QED) is 0.497. The number of aliphatic hydroxyl groups is 1. The molecule has 0 saturated heterocycles. The Kier molecular flexibility index (Phi) is 4.93. The van der Waals surface area contributed by atoms with Gasteiger partial charge >= 0.3 is 0 Å². The number of allylic oxidation sites excluding steroid dienone is 4. The minimum Gasteiger partial charge on any atom is -0.513 e. The first-order chi connectivity index (χ1) is 5.24. The lowest BCUT2D eigenvalue weighted by atomic mass is 10.1. The molecule has 0 saturated carbocycles. The lowest BCUT2D eigenvalue weighted by molar-refractivity contribution is 0.387. The van der Waals surface area contributed by atoms with Crippen molar-refractivity contribution in [1.82, 2.24) is 0 Å². The van der Waals surface area contributed by atoms with Crippen LogP contribution in [0.1, 0.15) is 26.7 Å². The van der Waals surface area contributed by atoms with Crippen LogP contribution in [0.4, 0.5) is 0 Å². The Morgan fingerprint density at radius 3 is 2.36 bits per heavy atom. The number of hydrogen-bond acceptors (Lipinski definition) is 2. The van der Waals surface area contributed by atoms with Crippen molar-refractivity contribution in [2.45, 2.75) is 26.7 Å². The zero-order chi connectivity index (χ0) is 8.69. The van der Waals surface area contributed by atoms with Crippen LogP contribution in [-0.4, -0.2) is 5.11 Å². The van der Waals surface area contributed by atoms with E-state index in [0.717, 1.165) is 5.57 Å². The first kappa shape index (κ1) is 9.77. The maximum atomic E-state index is 9.02. The van der Waals surface area contributed by atoms with Crippen molar-refractivity contribution in [3.05, 3.63) is 23.5 Å². The summed E-state index contributed by atoms with van der Waals surface area (Å²) in [5.74, 6) is 0.347. The van der Waals surface area contributed by atoms with Crippen molar-refractivity contribution >= 4 is 0 Å². The fourth-order valence-corrected chi connectivity index (χ4v) is 0.672. The van der Waals surface area contributed by atoms with Gasteiger partial charge in [0.2, 0.25) is 0 Å². The van der Waals surface area contributed by atoms with Crippen molar-refractivity contribution in [2.24, 2.45) is 0 Å². The number of aliphatic hydroxyl groups excluding tert-OH is 1. The summed E-state index contributed by atoms with van der Waals surface area (Å²) in [7, 11) is 0. The highest BCUT2D eigenvalue weighted by Crippen LogP contribution is 2.08. The van der Waals surface area contributed by atoms with Crippen LogP contribution in [0.5, 0.6) is 0 Å². The highest BCUT2D eigenvalue weighted by Gasteiger charge is 1.95. The predicted molar refractivity (Wildman–Crippen MR) is 45.0 cm³/mol. The van der Waals surface area contributed by atoms with Gasteiger partial charge in [0.1, 0.15) is 0 Å². The molecule has 11 heavy (non-hydrogen) atoms. The molecule has 0 aromatic heterocycles. The summed E-state index contributed by atoms with van der Waals surface area (Å²) in [6, 6.07) is 2.05. The van der Waals surface area contributed by atoms with Gasteiger partial charge in [0.25, 0.3) is 0 Å². The molecule has 0 rings (SSSR count). The van der Waals surface area contributed by atoms with Gasteiger partial charge in [0.15, 0.2) is 0 Å². The predicted octanol–water partition coefficient (Wildman–Crippen LogP) is 2.70. The summed E-state index contributed by atoms with van der Waals surface area (Å²) < 4.78 is 0. The van der Waals surface area contributed by atoms with Crippen LogP contribution < -0.4 is 0 Å². The van der Waals surface area contributed by atoms with Crippen molar-refractivity contribution in [3.63, 3.8) is 0 Å². The molecule has 0 aliphatic rings. The van der Waals surface area contributed by atoms with E-state index in [1.807, 2.05) is 6.92 Å². The smallest absolute Gasteiger partial charge is 0.0943 e. The number of hydrogen-bond donors (Lipinski definition) is 1. The van der Waals surface area contributed by atoms with Gasteiger partial charge < -0.3 is 5.11 Å². The number of nitriles is 1. The topological polar surface area (TPSA) is 44.0 Å². The average molecular weight is 151 g/mol. The molecule has 0 unspecified atom stereocenters. The first-order valence-corrected chi connectivity index (χ1v) is 3.64. The normalized spacial score (nSPS) is 12.8. The zero-order valence-corrected chi connectivity index (χ0v) is 6.96. The maximum absolute atomic E-state index is 9.02. The maximum Gasteiger partial charge on any atom is 0.0943 e. The van der Waals surface area contributed by atoms with Crippen molar-refractivity contribution in [1.29, 1.82) is 5.26 Å². The second-order valence-corrected chi connectivity index (χ2v) is 2.21. The summed E-state index contributed by atoms with van der Waals surface area (Å²) >= 11 is 0. The highest BCUT2D eigenvalue weighted by atomic mass is 16.3. The average Bonchev–Trinajstić information content (AvgIpc) is 2.06. The van der Waals surface area contributed by atoms with Gasteiger partial charge in [-0.1, -0.05) is 6.08 Å². The fraction of sp³-hybridized carbons (Fsp3) is 0.444. The molecular weight excluding hydrogens is 138 g/mol. The molecular formula is C9H13NO. The molecule has 0 fully saturated rings. The van der Waals surface area contributed by atoms with Crippen LogP contribution in [-0.2, 0) is 0 Å².